The second-order valence-corrected chi connectivity index (χ2v) is 5.91. The van der Waals surface area contributed by atoms with Crippen molar-refractivity contribution in [2.24, 2.45) is 5.92 Å². The molecule has 0 aliphatic carbocycles. The summed E-state index contributed by atoms with van der Waals surface area (Å²) in [5.74, 6) is 0.997. The van der Waals surface area contributed by atoms with Crippen LogP contribution in [0.4, 0.5) is 0 Å². The van der Waals surface area contributed by atoms with Crippen molar-refractivity contribution in [3.05, 3.63) is 23.8 Å². The molecule has 0 atom stereocenters. The van der Waals surface area contributed by atoms with Gasteiger partial charge in [0, 0.05) is 6.07 Å². The molecular formula is C15H24O2. The van der Waals surface area contributed by atoms with Crippen LogP contribution < -0.4 is 0 Å². The molecule has 0 bridgehead atoms. The predicted molar refractivity (Wildman–Crippen MR) is 71.5 cm³/mol. The van der Waals surface area contributed by atoms with Gasteiger partial charge in [-0.05, 0) is 35.4 Å². The third kappa shape index (κ3) is 4.29. The second kappa shape index (κ2) is 5.44. The minimum absolute atomic E-state index is 0.00882. The van der Waals surface area contributed by atoms with Gasteiger partial charge in [-0.3, -0.25) is 0 Å². The number of aromatic hydroxyl groups is 2. The quantitative estimate of drug-likeness (QED) is 0.804. The average molecular weight is 236 g/mol. The highest BCUT2D eigenvalue weighted by Crippen LogP contribution is 2.34. The molecule has 2 nitrogen and oxygen atoms in total. The van der Waals surface area contributed by atoms with Crippen LogP contribution in [0.1, 0.15) is 52.5 Å². The summed E-state index contributed by atoms with van der Waals surface area (Å²) < 4.78 is 0. The van der Waals surface area contributed by atoms with Gasteiger partial charge in [0.05, 0.1) is 0 Å². The van der Waals surface area contributed by atoms with Gasteiger partial charge in [-0.25, -0.2) is 0 Å². The predicted octanol–water partition coefficient (Wildman–Crippen LogP) is 4.20. The van der Waals surface area contributed by atoms with Crippen LogP contribution in [0.3, 0.4) is 0 Å². The van der Waals surface area contributed by atoms with Crippen LogP contribution in [-0.4, -0.2) is 10.2 Å². The normalized spacial score (nSPS) is 12.1. The Kier molecular flexibility index (Phi) is 4.44. The van der Waals surface area contributed by atoms with Crippen molar-refractivity contribution < 1.29 is 10.2 Å². The van der Waals surface area contributed by atoms with E-state index in [0.717, 1.165) is 17.9 Å². The van der Waals surface area contributed by atoms with Crippen molar-refractivity contribution in [1.29, 1.82) is 0 Å². The zero-order valence-corrected chi connectivity index (χ0v) is 11.3. The van der Waals surface area contributed by atoms with Crippen LogP contribution in [0.15, 0.2) is 18.2 Å². The molecule has 1 aromatic carbocycles. The van der Waals surface area contributed by atoms with E-state index in [1.54, 1.807) is 12.1 Å². The maximum atomic E-state index is 9.51. The van der Waals surface area contributed by atoms with E-state index in [9.17, 15) is 10.2 Å². The lowest BCUT2D eigenvalue weighted by molar-refractivity contribution is 0.411. The second-order valence-electron chi connectivity index (χ2n) is 5.91. The molecule has 1 aromatic rings. The van der Waals surface area contributed by atoms with Crippen molar-refractivity contribution in [1.82, 2.24) is 0 Å². The molecule has 0 amide bonds. The SMILES string of the molecule is CC(C)CCCC(C)(C)c1cc(O)cc(O)c1. The lowest BCUT2D eigenvalue weighted by Gasteiger charge is -2.26. The Morgan fingerprint density at radius 1 is 1.06 bits per heavy atom. The van der Waals surface area contributed by atoms with Gasteiger partial charge in [0.1, 0.15) is 11.5 Å². The van der Waals surface area contributed by atoms with Crippen molar-refractivity contribution in [2.45, 2.75) is 52.4 Å². The number of hydrogen-bond donors (Lipinski definition) is 2. The minimum atomic E-state index is -0.00882. The monoisotopic (exact) mass is 236 g/mol. The third-order valence-corrected chi connectivity index (χ3v) is 3.27. The average Bonchev–Trinajstić information content (AvgIpc) is 2.14. The maximum Gasteiger partial charge on any atom is 0.119 e. The summed E-state index contributed by atoms with van der Waals surface area (Å²) in [6, 6.07) is 4.86. The summed E-state index contributed by atoms with van der Waals surface area (Å²) in [7, 11) is 0. The topological polar surface area (TPSA) is 40.5 Å². The van der Waals surface area contributed by atoms with E-state index < -0.39 is 0 Å². The van der Waals surface area contributed by atoms with E-state index >= 15 is 0 Å². The van der Waals surface area contributed by atoms with Crippen molar-refractivity contribution in [3.63, 3.8) is 0 Å². The summed E-state index contributed by atoms with van der Waals surface area (Å²) in [5, 5.41) is 19.0. The molecule has 2 N–H and O–H groups in total. The summed E-state index contributed by atoms with van der Waals surface area (Å²) in [4.78, 5) is 0. The molecule has 0 unspecified atom stereocenters. The fourth-order valence-electron chi connectivity index (χ4n) is 2.08. The zero-order valence-electron chi connectivity index (χ0n) is 11.3. The van der Waals surface area contributed by atoms with Gasteiger partial charge in [0.15, 0.2) is 0 Å². The molecule has 2 heteroatoms. The molecule has 0 spiro atoms. The first-order valence-electron chi connectivity index (χ1n) is 6.35. The van der Waals surface area contributed by atoms with Gasteiger partial charge in [0.2, 0.25) is 0 Å². The third-order valence-electron chi connectivity index (χ3n) is 3.27. The van der Waals surface area contributed by atoms with E-state index in [0.29, 0.717) is 0 Å². The minimum Gasteiger partial charge on any atom is -0.508 e. The van der Waals surface area contributed by atoms with Crippen LogP contribution in [0.2, 0.25) is 0 Å². The summed E-state index contributed by atoms with van der Waals surface area (Å²) in [5.41, 5.74) is 0.990. The maximum absolute atomic E-state index is 9.51. The molecule has 0 fully saturated rings. The highest BCUT2D eigenvalue weighted by atomic mass is 16.3. The van der Waals surface area contributed by atoms with Gasteiger partial charge in [-0.15, -0.1) is 0 Å². The fourth-order valence-corrected chi connectivity index (χ4v) is 2.08. The van der Waals surface area contributed by atoms with Crippen molar-refractivity contribution in [3.8, 4) is 11.5 Å². The molecule has 0 aromatic heterocycles. The van der Waals surface area contributed by atoms with Crippen molar-refractivity contribution in [2.75, 3.05) is 0 Å². The molecular weight excluding hydrogens is 212 g/mol. The van der Waals surface area contributed by atoms with Gasteiger partial charge in [-0.1, -0.05) is 40.5 Å². The first kappa shape index (κ1) is 13.9. The van der Waals surface area contributed by atoms with Crippen LogP contribution in [0.25, 0.3) is 0 Å². The lowest BCUT2D eigenvalue weighted by atomic mass is 9.79. The van der Waals surface area contributed by atoms with Gasteiger partial charge < -0.3 is 10.2 Å². The summed E-state index contributed by atoms with van der Waals surface area (Å²) in [6.07, 6.45) is 3.45. The van der Waals surface area contributed by atoms with Gasteiger partial charge in [-0.2, -0.15) is 0 Å². The Labute approximate surface area is 104 Å². The highest BCUT2D eigenvalue weighted by Gasteiger charge is 2.21. The van der Waals surface area contributed by atoms with E-state index in [2.05, 4.69) is 27.7 Å². The Hall–Kier alpha value is -1.18. The van der Waals surface area contributed by atoms with E-state index in [-0.39, 0.29) is 16.9 Å². The molecule has 1 rings (SSSR count). The Morgan fingerprint density at radius 2 is 1.59 bits per heavy atom. The largest absolute Gasteiger partial charge is 0.508 e. The molecule has 0 radical (unpaired) electrons. The summed E-state index contributed by atoms with van der Waals surface area (Å²) >= 11 is 0. The summed E-state index contributed by atoms with van der Waals surface area (Å²) in [6.45, 7) is 8.77. The fraction of sp³-hybridized carbons (Fsp3) is 0.600. The Morgan fingerprint density at radius 3 is 2.06 bits per heavy atom. The van der Waals surface area contributed by atoms with E-state index in [4.69, 9.17) is 0 Å². The molecule has 0 saturated carbocycles. The molecule has 96 valence electrons. The molecule has 0 aliphatic rings. The zero-order chi connectivity index (χ0) is 13.1. The molecule has 17 heavy (non-hydrogen) atoms. The highest BCUT2D eigenvalue weighted by molar-refractivity contribution is 5.39. The van der Waals surface area contributed by atoms with Crippen LogP contribution >= 0.6 is 0 Å². The molecule has 0 heterocycles. The van der Waals surface area contributed by atoms with Gasteiger partial charge >= 0.3 is 0 Å². The molecule has 0 aliphatic heterocycles. The number of benzene rings is 1. The van der Waals surface area contributed by atoms with Crippen LogP contribution in [0.5, 0.6) is 11.5 Å². The number of hydrogen-bond acceptors (Lipinski definition) is 2. The van der Waals surface area contributed by atoms with Crippen LogP contribution in [-0.2, 0) is 5.41 Å². The first-order chi connectivity index (χ1) is 7.81. The number of phenols is 2. The first-order valence-corrected chi connectivity index (χ1v) is 6.35. The van der Waals surface area contributed by atoms with Crippen LogP contribution in [0, 0.1) is 5.92 Å². The smallest absolute Gasteiger partial charge is 0.119 e. The Bertz CT molecular complexity index is 347. The number of phenolic OH excluding ortho intramolecular Hbond substituents is 2. The van der Waals surface area contributed by atoms with E-state index in [1.165, 1.54) is 18.9 Å². The van der Waals surface area contributed by atoms with Crippen molar-refractivity contribution >= 4 is 0 Å². The lowest BCUT2D eigenvalue weighted by Crippen LogP contribution is -2.17. The van der Waals surface area contributed by atoms with Gasteiger partial charge in [0.25, 0.3) is 0 Å². The Balaban J connectivity index is 2.74. The van der Waals surface area contributed by atoms with E-state index in [1.807, 2.05) is 0 Å². The standard InChI is InChI=1S/C15H24O2/c1-11(2)6-5-7-15(3,4)12-8-13(16)10-14(17)9-12/h8-11,16-17H,5-7H2,1-4H3. The molecule has 0 saturated heterocycles. The number of rotatable bonds is 5.